The van der Waals surface area contributed by atoms with Gasteiger partial charge in [0.2, 0.25) is 5.91 Å². The first-order valence-electron chi connectivity index (χ1n) is 8.18. The summed E-state index contributed by atoms with van der Waals surface area (Å²) in [5.41, 5.74) is 1.25. The highest BCUT2D eigenvalue weighted by Crippen LogP contribution is 2.37. The molecule has 4 unspecified atom stereocenters. The highest BCUT2D eigenvalue weighted by molar-refractivity contribution is 7.07. The molecule has 1 aliphatic heterocycles. The first-order valence-corrected chi connectivity index (χ1v) is 9.12. The van der Waals surface area contributed by atoms with Crippen LogP contribution in [0.3, 0.4) is 0 Å². The van der Waals surface area contributed by atoms with E-state index >= 15 is 0 Å². The molecule has 0 spiro atoms. The van der Waals surface area contributed by atoms with Crippen LogP contribution in [0.4, 0.5) is 0 Å². The van der Waals surface area contributed by atoms with Crippen LogP contribution in [0.2, 0.25) is 0 Å². The highest BCUT2D eigenvalue weighted by atomic mass is 32.1. The number of amides is 1. The second-order valence-corrected chi connectivity index (χ2v) is 7.80. The van der Waals surface area contributed by atoms with E-state index in [1.54, 1.807) is 11.3 Å². The van der Waals surface area contributed by atoms with Crippen LogP contribution in [0.25, 0.3) is 0 Å². The molecule has 2 heterocycles. The summed E-state index contributed by atoms with van der Waals surface area (Å²) >= 11 is 1.71. The third-order valence-corrected chi connectivity index (χ3v) is 5.67. The summed E-state index contributed by atoms with van der Waals surface area (Å²) in [6.07, 6.45) is 4.94. The minimum absolute atomic E-state index is 0.0351. The van der Waals surface area contributed by atoms with Crippen molar-refractivity contribution in [1.82, 2.24) is 10.2 Å². The van der Waals surface area contributed by atoms with E-state index < -0.39 is 0 Å². The molecular weight excluding hydrogens is 280 g/mol. The molecule has 1 aromatic rings. The first-order chi connectivity index (χ1) is 10.1. The molecular formula is C17H26N2OS. The van der Waals surface area contributed by atoms with E-state index in [9.17, 15) is 4.79 Å². The summed E-state index contributed by atoms with van der Waals surface area (Å²) in [5, 5.41) is 7.86. The fourth-order valence-electron chi connectivity index (χ4n) is 3.82. The zero-order valence-electron chi connectivity index (χ0n) is 13.2. The van der Waals surface area contributed by atoms with Crippen molar-refractivity contribution in [3.05, 3.63) is 22.4 Å². The Hall–Kier alpha value is -0.870. The van der Waals surface area contributed by atoms with Crippen molar-refractivity contribution in [2.24, 2.45) is 11.8 Å². The lowest BCUT2D eigenvalue weighted by Crippen LogP contribution is -2.43. The molecule has 1 saturated heterocycles. The molecule has 3 nitrogen and oxygen atoms in total. The number of hydrogen-bond donors (Lipinski definition) is 1. The number of thiophene rings is 1. The smallest absolute Gasteiger partial charge is 0.241 e. The summed E-state index contributed by atoms with van der Waals surface area (Å²) in [5.74, 6) is 1.38. The van der Waals surface area contributed by atoms with E-state index in [0.29, 0.717) is 17.9 Å². The van der Waals surface area contributed by atoms with Gasteiger partial charge in [-0.05, 0) is 47.1 Å². The molecule has 1 N–H and O–H groups in total. The van der Waals surface area contributed by atoms with Crippen molar-refractivity contribution in [3.63, 3.8) is 0 Å². The zero-order chi connectivity index (χ0) is 15.0. The van der Waals surface area contributed by atoms with Crippen LogP contribution < -0.4 is 5.32 Å². The van der Waals surface area contributed by atoms with Crippen LogP contribution in [0.15, 0.2) is 16.8 Å². The molecule has 0 bridgehead atoms. The number of carbonyl (C=O) groups is 1. The van der Waals surface area contributed by atoms with Crippen molar-refractivity contribution < 1.29 is 4.79 Å². The van der Waals surface area contributed by atoms with Crippen LogP contribution in [-0.4, -0.2) is 22.9 Å². The summed E-state index contributed by atoms with van der Waals surface area (Å²) in [6, 6.07) is 2.52. The van der Waals surface area contributed by atoms with Gasteiger partial charge in [-0.2, -0.15) is 11.3 Å². The molecule has 3 rings (SSSR count). The van der Waals surface area contributed by atoms with Gasteiger partial charge in [0.25, 0.3) is 0 Å². The Kier molecular flexibility index (Phi) is 4.36. The van der Waals surface area contributed by atoms with E-state index in [1.807, 2.05) is 0 Å². The number of nitrogens with one attached hydrogen (secondary N) is 1. The summed E-state index contributed by atoms with van der Waals surface area (Å²) < 4.78 is 0. The molecule has 2 fully saturated rings. The first kappa shape index (κ1) is 15.0. The molecule has 0 aromatic carbocycles. The maximum atomic E-state index is 12.9. The van der Waals surface area contributed by atoms with Crippen molar-refractivity contribution in [2.75, 3.05) is 0 Å². The fraction of sp³-hybridized carbons (Fsp3) is 0.706. The molecule has 2 aliphatic rings. The normalized spacial score (nSPS) is 33.9. The molecule has 116 valence electrons. The third-order valence-electron chi connectivity index (χ3n) is 4.96. The second-order valence-electron chi connectivity index (χ2n) is 7.02. The van der Waals surface area contributed by atoms with Crippen LogP contribution in [-0.2, 0) is 4.79 Å². The maximum Gasteiger partial charge on any atom is 0.241 e. The largest absolute Gasteiger partial charge is 0.319 e. The highest BCUT2D eigenvalue weighted by Gasteiger charge is 2.44. The lowest BCUT2D eigenvalue weighted by Gasteiger charge is -2.37. The van der Waals surface area contributed by atoms with Crippen molar-refractivity contribution in [1.29, 1.82) is 0 Å². The van der Waals surface area contributed by atoms with Crippen molar-refractivity contribution >= 4 is 17.2 Å². The summed E-state index contributed by atoms with van der Waals surface area (Å²) in [6.45, 7) is 6.58. The van der Waals surface area contributed by atoms with Gasteiger partial charge in [0, 0.05) is 6.04 Å². The Morgan fingerprint density at radius 2 is 2.19 bits per heavy atom. The van der Waals surface area contributed by atoms with E-state index in [1.165, 1.54) is 18.4 Å². The molecule has 1 amide bonds. The van der Waals surface area contributed by atoms with Gasteiger partial charge in [0.1, 0.15) is 6.17 Å². The lowest BCUT2D eigenvalue weighted by atomic mass is 9.85. The summed E-state index contributed by atoms with van der Waals surface area (Å²) in [4.78, 5) is 15.1. The molecule has 1 aromatic heterocycles. The predicted molar refractivity (Wildman–Crippen MR) is 87.1 cm³/mol. The van der Waals surface area contributed by atoms with Gasteiger partial charge >= 0.3 is 0 Å². The molecule has 0 radical (unpaired) electrons. The van der Waals surface area contributed by atoms with E-state index in [2.05, 4.69) is 47.8 Å². The van der Waals surface area contributed by atoms with Gasteiger partial charge in [0.15, 0.2) is 0 Å². The van der Waals surface area contributed by atoms with Gasteiger partial charge in [-0.15, -0.1) is 0 Å². The maximum absolute atomic E-state index is 12.9. The van der Waals surface area contributed by atoms with E-state index in [4.69, 9.17) is 0 Å². The van der Waals surface area contributed by atoms with Crippen LogP contribution in [0, 0.1) is 11.8 Å². The minimum Gasteiger partial charge on any atom is -0.319 e. The van der Waals surface area contributed by atoms with Crippen LogP contribution >= 0.6 is 11.3 Å². The number of carbonyl (C=O) groups excluding carboxylic acids is 1. The standard InChI is InChI=1S/C17H26N2OS/c1-11(2)15-17(20)19(14-6-4-5-12(3)9-14)16(18-15)13-7-8-21-10-13/h7-8,10-12,14-16,18H,4-6,9H2,1-3H3. The van der Waals surface area contributed by atoms with E-state index in [-0.39, 0.29) is 12.2 Å². The number of nitrogens with zero attached hydrogens (tertiary/aromatic N) is 1. The molecule has 21 heavy (non-hydrogen) atoms. The quantitative estimate of drug-likeness (QED) is 0.921. The van der Waals surface area contributed by atoms with Gasteiger partial charge in [0.05, 0.1) is 6.04 Å². The van der Waals surface area contributed by atoms with Gasteiger partial charge in [-0.3, -0.25) is 10.1 Å². The van der Waals surface area contributed by atoms with Crippen molar-refractivity contribution in [2.45, 2.75) is 64.7 Å². The average Bonchev–Trinajstić information content (AvgIpc) is 3.05. The zero-order valence-corrected chi connectivity index (χ0v) is 14.0. The van der Waals surface area contributed by atoms with Gasteiger partial charge < -0.3 is 4.90 Å². The SMILES string of the molecule is CC1CCCC(N2C(=O)C(C(C)C)NC2c2ccsc2)C1. The van der Waals surface area contributed by atoms with Crippen molar-refractivity contribution in [3.8, 4) is 0 Å². The number of rotatable bonds is 3. The minimum atomic E-state index is -0.0351. The lowest BCUT2D eigenvalue weighted by molar-refractivity contribution is -0.134. The Labute approximate surface area is 131 Å². The molecule has 1 aliphatic carbocycles. The molecule has 4 atom stereocenters. The Morgan fingerprint density at radius 1 is 1.38 bits per heavy atom. The average molecular weight is 306 g/mol. The van der Waals surface area contributed by atoms with Crippen LogP contribution in [0.5, 0.6) is 0 Å². The van der Waals surface area contributed by atoms with Gasteiger partial charge in [-0.25, -0.2) is 0 Å². The van der Waals surface area contributed by atoms with Crippen LogP contribution in [0.1, 0.15) is 58.2 Å². The Morgan fingerprint density at radius 3 is 2.81 bits per heavy atom. The Balaban J connectivity index is 1.87. The number of hydrogen-bond acceptors (Lipinski definition) is 3. The fourth-order valence-corrected chi connectivity index (χ4v) is 4.50. The third kappa shape index (κ3) is 2.88. The summed E-state index contributed by atoms with van der Waals surface area (Å²) in [7, 11) is 0. The van der Waals surface area contributed by atoms with E-state index in [0.717, 1.165) is 18.8 Å². The van der Waals surface area contributed by atoms with Gasteiger partial charge in [-0.1, -0.05) is 33.6 Å². The monoisotopic (exact) mass is 306 g/mol. The molecule has 4 heteroatoms. The second kappa shape index (κ2) is 6.09. The Bertz CT molecular complexity index is 485. The topological polar surface area (TPSA) is 32.3 Å². The predicted octanol–water partition coefficient (Wildman–Crippen LogP) is 3.78. The molecule has 1 saturated carbocycles.